The molecule has 0 aliphatic heterocycles. The minimum Gasteiger partial charge on any atom is -0.491 e. The highest BCUT2D eigenvalue weighted by Crippen LogP contribution is 2.12. The third-order valence-corrected chi connectivity index (χ3v) is 2.49. The van der Waals surface area contributed by atoms with E-state index in [2.05, 4.69) is 0 Å². The smallest absolute Gasteiger partial charge is 0.125 e. The molecule has 2 aromatic rings. The molecule has 0 aliphatic rings. The predicted octanol–water partition coefficient (Wildman–Crippen LogP) is 3.00. The van der Waals surface area contributed by atoms with Crippen molar-refractivity contribution >= 4 is 5.69 Å². The van der Waals surface area contributed by atoms with E-state index >= 15 is 0 Å². The third kappa shape index (κ3) is 4.60. The lowest BCUT2D eigenvalue weighted by molar-refractivity contribution is 0.0888. The average molecular weight is 261 g/mol. The summed E-state index contributed by atoms with van der Waals surface area (Å²) in [6, 6.07) is 13.9. The van der Waals surface area contributed by atoms with Crippen LogP contribution in [0, 0.1) is 5.82 Å². The van der Waals surface area contributed by atoms with Crippen molar-refractivity contribution in [1.82, 2.24) is 0 Å². The summed E-state index contributed by atoms with van der Waals surface area (Å²) in [7, 11) is 0. The highest BCUT2D eigenvalue weighted by atomic mass is 19.1. The van der Waals surface area contributed by atoms with E-state index in [9.17, 15) is 4.39 Å². The van der Waals surface area contributed by atoms with Crippen LogP contribution in [0.1, 0.15) is 5.56 Å². The van der Waals surface area contributed by atoms with Crippen LogP contribution in [0.5, 0.6) is 5.75 Å². The summed E-state index contributed by atoms with van der Waals surface area (Å²) in [4.78, 5) is 0. The van der Waals surface area contributed by atoms with Crippen LogP contribution in [0.3, 0.4) is 0 Å². The Morgan fingerprint density at radius 1 is 1.00 bits per heavy atom. The Morgan fingerprint density at radius 3 is 2.53 bits per heavy atom. The van der Waals surface area contributed by atoms with Gasteiger partial charge in [-0.3, -0.25) is 0 Å². The number of hydrogen-bond acceptors (Lipinski definition) is 3. The maximum absolute atomic E-state index is 13.1. The van der Waals surface area contributed by atoms with Gasteiger partial charge < -0.3 is 15.2 Å². The molecule has 2 aromatic carbocycles. The molecule has 0 heterocycles. The second kappa shape index (κ2) is 6.75. The van der Waals surface area contributed by atoms with Crippen LogP contribution in [0.4, 0.5) is 10.1 Å². The molecular weight excluding hydrogens is 245 g/mol. The van der Waals surface area contributed by atoms with Crippen LogP contribution in [0.25, 0.3) is 0 Å². The number of halogens is 1. The molecule has 0 radical (unpaired) electrons. The summed E-state index contributed by atoms with van der Waals surface area (Å²) in [5.74, 6) is 0.459. The van der Waals surface area contributed by atoms with Crippen LogP contribution in [0.15, 0.2) is 48.5 Å². The molecule has 4 heteroatoms. The third-order valence-electron chi connectivity index (χ3n) is 2.49. The van der Waals surface area contributed by atoms with Gasteiger partial charge in [0.1, 0.15) is 18.2 Å². The Bertz CT molecular complexity index is 497. The lowest BCUT2D eigenvalue weighted by atomic mass is 10.2. The Hall–Kier alpha value is -2.07. The standard InChI is InChI=1S/C15H16FNO2/c16-13-8-12(9-14(17)10-13)11-18-6-7-19-15-4-2-1-3-5-15/h1-5,8-10H,6-7,11,17H2. The van der Waals surface area contributed by atoms with Crippen LogP contribution in [-0.2, 0) is 11.3 Å². The zero-order valence-electron chi connectivity index (χ0n) is 10.5. The monoisotopic (exact) mass is 261 g/mol. The van der Waals surface area contributed by atoms with Gasteiger partial charge >= 0.3 is 0 Å². The number of para-hydroxylation sites is 1. The Kier molecular flexibility index (Phi) is 4.75. The van der Waals surface area contributed by atoms with E-state index in [4.69, 9.17) is 15.2 Å². The first kappa shape index (κ1) is 13.4. The Labute approximate surface area is 111 Å². The van der Waals surface area contributed by atoms with E-state index in [1.54, 1.807) is 6.07 Å². The fraction of sp³-hybridized carbons (Fsp3) is 0.200. The highest BCUT2D eigenvalue weighted by Gasteiger charge is 1.99. The first-order chi connectivity index (χ1) is 9.24. The van der Waals surface area contributed by atoms with Crippen LogP contribution in [-0.4, -0.2) is 13.2 Å². The molecule has 0 amide bonds. The molecule has 100 valence electrons. The molecule has 0 spiro atoms. The minimum atomic E-state index is -0.348. The number of anilines is 1. The number of nitrogen functional groups attached to an aromatic ring is 1. The second-order valence-corrected chi connectivity index (χ2v) is 4.11. The first-order valence-electron chi connectivity index (χ1n) is 6.04. The maximum atomic E-state index is 13.1. The quantitative estimate of drug-likeness (QED) is 0.642. The molecule has 0 bridgehead atoms. The molecule has 19 heavy (non-hydrogen) atoms. The van der Waals surface area contributed by atoms with E-state index in [0.29, 0.717) is 25.5 Å². The van der Waals surface area contributed by atoms with Gasteiger partial charge in [-0.15, -0.1) is 0 Å². The fourth-order valence-electron chi connectivity index (χ4n) is 1.68. The van der Waals surface area contributed by atoms with Gasteiger partial charge in [-0.1, -0.05) is 18.2 Å². The van der Waals surface area contributed by atoms with Gasteiger partial charge in [-0.25, -0.2) is 4.39 Å². The van der Waals surface area contributed by atoms with Crippen molar-refractivity contribution in [3.05, 3.63) is 59.9 Å². The fourth-order valence-corrected chi connectivity index (χ4v) is 1.68. The molecule has 0 saturated heterocycles. The Balaban J connectivity index is 1.69. The van der Waals surface area contributed by atoms with Crippen molar-refractivity contribution in [1.29, 1.82) is 0 Å². The zero-order chi connectivity index (χ0) is 13.5. The zero-order valence-corrected chi connectivity index (χ0v) is 10.5. The number of benzene rings is 2. The number of rotatable bonds is 6. The van der Waals surface area contributed by atoms with Crippen molar-refractivity contribution in [3.63, 3.8) is 0 Å². The van der Waals surface area contributed by atoms with E-state index in [-0.39, 0.29) is 5.82 Å². The van der Waals surface area contributed by atoms with Gasteiger partial charge in [0.05, 0.1) is 13.2 Å². The van der Waals surface area contributed by atoms with Crippen molar-refractivity contribution < 1.29 is 13.9 Å². The number of nitrogens with two attached hydrogens (primary N) is 1. The van der Waals surface area contributed by atoms with Crippen molar-refractivity contribution in [2.24, 2.45) is 0 Å². The van der Waals surface area contributed by atoms with Gasteiger partial charge in [0.15, 0.2) is 0 Å². The molecule has 0 saturated carbocycles. The predicted molar refractivity (Wildman–Crippen MR) is 72.4 cm³/mol. The van der Waals surface area contributed by atoms with E-state index in [1.807, 2.05) is 30.3 Å². The van der Waals surface area contributed by atoms with E-state index in [1.165, 1.54) is 12.1 Å². The first-order valence-corrected chi connectivity index (χ1v) is 6.04. The molecule has 3 nitrogen and oxygen atoms in total. The largest absolute Gasteiger partial charge is 0.491 e. The maximum Gasteiger partial charge on any atom is 0.125 e. The van der Waals surface area contributed by atoms with Crippen molar-refractivity contribution in [3.8, 4) is 5.75 Å². The minimum absolute atomic E-state index is 0.320. The lowest BCUT2D eigenvalue weighted by Gasteiger charge is -2.07. The molecule has 0 aromatic heterocycles. The molecule has 0 atom stereocenters. The molecule has 0 aliphatic carbocycles. The summed E-state index contributed by atoms with van der Waals surface area (Å²) in [6.07, 6.45) is 0. The average Bonchev–Trinajstić information content (AvgIpc) is 2.38. The van der Waals surface area contributed by atoms with E-state index in [0.717, 1.165) is 11.3 Å². The number of hydrogen-bond donors (Lipinski definition) is 1. The topological polar surface area (TPSA) is 44.5 Å². The van der Waals surface area contributed by atoms with Crippen molar-refractivity contribution in [2.75, 3.05) is 18.9 Å². The Morgan fingerprint density at radius 2 is 1.79 bits per heavy atom. The van der Waals surface area contributed by atoms with Crippen LogP contribution in [0.2, 0.25) is 0 Å². The second-order valence-electron chi connectivity index (χ2n) is 4.11. The van der Waals surface area contributed by atoms with Crippen molar-refractivity contribution in [2.45, 2.75) is 6.61 Å². The molecule has 0 unspecified atom stereocenters. The summed E-state index contributed by atoms with van der Waals surface area (Å²) in [5, 5.41) is 0. The highest BCUT2D eigenvalue weighted by molar-refractivity contribution is 5.41. The summed E-state index contributed by atoms with van der Waals surface area (Å²) >= 11 is 0. The van der Waals surface area contributed by atoms with Crippen LogP contribution < -0.4 is 10.5 Å². The van der Waals surface area contributed by atoms with Gasteiger partial charge in [-0.2, -0.15) is 0 Å². The SMILES string of the molecule is Nc1cc(F)cc(COCCOc2ccccc2)c1. The normalized spacial score (nSPS) is 10.4. The van der Waals surface area contributed by atoms with Gasteiger partial charge in [-0.05, 0) is 35.9 Å². The molecule has 0 fully saturated rings. The summed E-state index contributed by atoms with van der Waals surface area (Å²) in [6.45, 7) is 1.21. The van der Waals surface area contributed by atoms with Gasteiger partial charge in [0.25, 0.3) is 0 Å². The number of ether oxygens (including phenoxy) is 2. The lowest BCUT2D eigenvalue weighted by Crippen LogP contribution is -2.06. The van der Waals surface area contributed by atoms with Gasteiger partial charge in [0, 0.05) is 5.69 Å². The molecule has 2 rings (SSSR count). The molecular formula is C15H16FNO2. The summed E-state index contributed by atoms with van der Waals surface area (Å²) < 4.78 is 23.9. The van der Waals surface area contributed by atoms with Crippen LogP contribution >= 0.6 is 0 Å². The summed E-state index contributed by atoms with van der Waals surface area (Å²) in [5.41, 5.74) is 6.67. The van der Waals surface area contributed by atoms with Gasteiger partial charge in [0.2, 0.25) is 0 Å². The molecule has 2 N–H and O–H groups in total. The van der Waals surface area contributed by atoms with E-state index < -0.39 is 0 Å².